The summed E-state index contributed by atoms with van der Waals surface area (Å²) in [6.45, 7) is 0.374. The minimum atomic E-state index is -0.502. The molecule has 1 aromatic carbocycles. The van der Waals surface area contributed by atoms with Crippen molar-refractivity contribution in [1.82, 2.24) is 9.78 Å². The van der Waals surface area contributed by atoms with Gasteiger partial charge in [0, 0.05) is 13.6 Å². The quantitative estimate of drug-likeness (QED) is 0.663. The SMILES string of the molecule is Cn1cc([N+](=O)[O-])c(NCCc2ccccc2F)n1. The molecule has 100 valence electrons. The highest BCUT2D eigenvalue weighted by molar-refractivity contribution is 5.54. The molecule has 0 aliphatic carbocycles. The molecule has 0 bridgehead atoms. The van der Waals surface area contributed by atoms with E-state index in [2.05, 4.69) is 10.4 Å². The van der Waals surface area contributed by atoms with E-state index in [4.69, 9.17) is 0 Å². The van der Waals surface area contributed by atoms with Crippen LogP contribution in [0.4, 0.5) is 15.9 Å². The fraction of sp³-hybridized carbons (Fsp3) is 0.250. The molecule has 1 N–H and O–H groups in total. The van der Waals surface area contributed by atoms with Gasteiger partial charge in [0.1, 0.15) is 12.0 Å². The van der Waals surface area contributed by atoms with E-state index in [9.17, 15) is 14.5 Å². The van der Waals surface area contributed by atoms with Crippen LogP contribution in [0.15, 0.2) is 30.5 Å². The first-order valence-corrected chi connectivity index (χ1v) is 5.73. The Balaban J connectivity index is 2.00. The van der Waals surface area contributed by atoms with Crippen molar-refractivity contribution >= 4 is 11.5 Å². The second kappa shape index (κ2) is 5.47. The largest absolute Gasteiger partial charge is 0.363 e. The summed E-state index contributed by atoms with van der Waals surface area (Å²) in [7, 11) is 1.61. The number of rotatable bonds is 5. The lowest BCUT2D eigenvalue weighted by Gasteiger charge is -2.04. The molecule has 1 aromatic heterocycles. The van der Waals surface area contributed by atoms with Crippen LogP contribution in [-0.2, 0) is 13.5 Å². The van der Waals surface area contributed by atoms with Gasteiger partial charge in [-0.15, -0.1) is 5.10 Å². The second-order valence-corrected chi connectivity index (χ2v) is 4.06. The van der Waals surface area contributed by atoms with Crippen molar-refractivity contribution in [2.45, 2.75) is 6.42 Å². The van der Waals surface area contributed by atoms with Gasteiger partial charge in [-0.25, -0.2) is 4.39 Å². The molecule has 0 amide bonds. The number of hydrogen-bond donors (Lipinski definition) is 1. The predicted molar refractivity (Wildman–Crippen MR) is 68.5 cm³/mol. The molecule has 0 spiro atoms. The fourth-order valence-electron chi connectivity index (χ4n) is 1.75. The highest BCUT2D eigenvalue weighted by Gasteiger charge is 2.17. The van der Waals surface area contributed by atoms with Crippen LogP contribution in [0.1, 0.15) is 5.56 Å². The number of benzene rings is 1. The van der Waals surface area contributed by atoms with Gasteiger partial charge < -0.3 is 5.32 Å². The monoisotopic (exact) mass is 264 g/mol. The smallest absolute Gasteiger partial charge is 0.330 e. The summed E-state index contributed by atoms with van der Waals surface area (Å²) in [4.78, 5) is 10.3. The van der Waals surface area contributed by atoms with E-state index in [1.807, 2.05) is 0 Å². The van der Waals surface area contributed by atoms with Gasteiger partial charge >= 0.3 is 5.69 Å². The van der Waals surface area contributed by atoms with Gasteiger partial charge in [0.25, 0.3) is 0 Å². The van der Waals surface area contributed by atoms with E-state index >= 15 is 0 Å². The summed E-state index contributed by atoms with van der Waals surface area (Å²) in [6.07, 6.45) is 1.76. The van der Waals surface area contributed by atoms with Gasteiger partial charge in [0.2, 0.25) is 5.82 Å². The molecule has 0 aliphatic rings. The highest BCUT2D eigenvalue weighted by atomic mass is 19.1. The van der Waals surface area contributed by atoms with Crippen molar-refractivity contribution < 1.29 is 9.31 Å². The van der Waals surface area contributed by atoms with Crippen molar-refractivity contribution in [1.29, 1.82) is 0 Å². The minimum absolute atomic E-state index is 0.0870. The van der Waals surface area contributed by atoms with E-state index in [0.29, 0.717) is 18.5 Å². The number of halogens is 1. The molecule has 0 aliphatic heterocycles. The Bertz CT molecular complexity index is 597. The minimum Gasteiger partial charge on any atom is -0.363 e. The van der Waals surface area contributed by atoms with E-state index in [1.165, 1.54) is 16.9 Å². The summed E-state index contributed by atoms with van der Waals surface area (Å²) < 4.78 is 14.7. The number of aromatic nitrogens is 2. The molecule has 0 radical (unpaired) electrons. The van der Waals surface area contributed by atoms with Crippen molar-refractivity contribution in [2.75, 3.05) is 11.9 Å². The average Bonchev–Trinajstić information content (AvgIpc) is 2.73. The summed E-state index contributed by atoms with van der Waals surface area (Å²) in [5.41, 5.74) is 0.476. The van der Waals surface area contributed by atoms with Gasteiger partial charge in [0.15, 0.2) is 0 Å². The summed E-state index contributed by atoms with van der Waals surface area (Å²) in [5, 5.41) is 17.6. The first-order valence-electron chi connectivity index (χ1n) is 5.73. The third-order valence-corrected chi connectivity index (χ3v) is 2.65. The van der Waals surface area contributed by atoms with Crippen molar-refractivity contribution in [3.05, 3.63) is 52.0 Å². The fourth-order valence-corrected chi connectivity index (χ4v) is 1.75. The molecule has 1 heterocycles. The molecule has 19 heavy (non-hydrogen) atoms. The topological polar surface area (TPSA) is 73.0 Å². The van der Waals surface area contributed by atoms with Crippen molar-refractivity contribution in [2.24, 2.45) is 7.05 Å². The molecular formula is C12H13FN4O2. The van der Waals surface area contributed by atoms with Crippen LogP contribution < -0.4 is 5.32 Å². The zero-order valence-corrected chi connectivity index (χ0v) is 10.3. The Labute approximate surface area is 109 Å². The van der Waals surface area contributed by atoms with Gasteiger partial charge in [-0.05, 0) is 18.1 Å². The zero-order chi connectivity index (χ0) is 13.8. The lowest BCUT2D eigenvalue weighted by Crippen LogP contribution is -2.08. The number of nitrogens with one attached hydrogen (secondary N) is 1. The van der Waals surface area contributed by atoms with Crippen LogP contribution in [0.5, 0.6) is 0 Å². The number of aryl methyl sites for hydroxylation is 1. The number of nitro groups is 1. The van der Waals surface area contributed by atoms with E-state index in [0.717, 1.165) is 0 Å². The first kappa shape index (κ1) is 13.0. The summed E-state index contributed by atoms with van der Waals surface area (Å²) >= 11 is 0. The number of hydrogen-bond acceptors (Lipinski definition) is 4. The van der Waals surface area contributed by atoms with Gasteiger partial charge in [0.05, 0.1) is 4.92 Å². The van der Waals surface area contributed by atoms with Gasteiger partial charge in [-0.1, -0.05) is 18.2 Å². The first-order chi connectivity index (χ1) is 9.08. The zero-order valence-electron chi connectivity index (χ0n) is 10.3. The number of nitrogens with zero attached hydrogens (tertiary/aromatic N) is 3. The second-order valence-electron chi connectivity index (χ2n) is 4.06. The Morgan fingerprint density at radius 3 is 2.89 bits per heavy atom. The van der Waals surface area contributed by atoms with Crippen molar-refractivity contribution in [3.8, 4) is 0 Å². The maximum absolute atomic E-state index is 13.4. The van der Waals surface area contributed by atoms with Gasteiger partial charge in [-0.2, -0.15) is 0 Å². The van der Waals surface area contributed by atoms with Crippen LogP contribution in [0.3, 0.4) is 0 Å². The van der Waals surface area contributed by atoms with Crippen LogP contribution in [0.25, 0.3) is 0 Å². The molecule has 7 heteroatoms. The highest BCUT2D eigenvalue weighted by Crippen LogP contribution is 2.21. The Morgan fingerprint density at radius 2 is 2.21 bits per heavy atom. The molecule has 2 rings (SSSR count). The Morgan fingerprint density at radius 1 is 1.47 bits per heavy atom. The van der Waals surface area contributed by atoms with Crippen LogP contribution in [-0.4, -0.2) is 21.2 Å². The van der Waals surface area contributed by atoms with Crippen molar-refractivity contribution in [3.63, 3.8) is 0 Å². The van der Waals surface area contributed by atoms with Crippen LogP contribution in [0.2, 0.25) is 0 Å². The lowest BCUT2D eigenvalue weighted by atomic mass is 10.1. The maximum atomic E-state index is 13.4. The van der Waals surface area contributed by atoms with E-state index in [-0.39, 0.29) is 17.3 Å². The number of anilines is 1. The molecule has 0 saturated carbocycles. The Kier molecular flexibility index (Phi) is 3.74. The third kappa shape index (κ3) is 3.06. The molecule has 0 fully saturated rings. The molecule has 0 atom stereocenters. The lowest BCUT2D eigenvalue weighted by molar-refractivity contribution is -0.384. The standard InChI is InChI=1S/C12H13FN4O2/c1-16-8-11(17(18)19)12(15-16)14-7-6-9-4-2-3-5-10(9)13/h2-5,8H,6-7H2,1H3,(H,14,15). The van der Waals surface area contributed by atoms with Gasteiger partial charge in [-0.3, -0.25) is 14.8 Å². The van der Waals surface area contributed by atoms with E-state index < -0.39 is 4.92 Å². The molecule has 0 saturated heterocycles. The molecule has 6 nitrogen and oxygen atoms in total. The third-order valence-electron chi connectivity index (χ3n) is 2.65. The molecule has 2 aromatic rings. The Hall–Kier alpha value is -2.44. The summed E-state index contributed by atoms with van der Waals surface area (Å²) in [6, 6.07) is 6.44. The predicted octanol–water partition coefficient (Wildman–Crippen LogP) is 2.12. The van der Waals surface area contributed by atoms with Crippen LogP contribution >= 0.6 is 0 Å². The summed E-state index contributed by atoms with van der Waals surface area (Å²) in [5.74, 6) is -0.0799. The molecular weight excluding hydrogens is 251 g/mol. The normalized spacial score (nSPS) is 10.4. The maximum Gasteiger partial charge on any atom is 0.330 e. The molecule has 0 unspecified atom stereocenters. The van der Waals surface area contributed by atoms with Crippen LogP contribution in [0, 0.1) is 15.9 Å². The average molecular weight is 264 g/mol. The van der Waals surface area contributed by atoms with E-state index in [1.54, 1.807) is 25.2 Å².